The minimum atomic E-state index is -0.0662. The van der Waals surface area contributed by atoms with Gasteiger partial charge in [0.15, 0.2) is 0 Å². The number of anilines is 1. The lowest BCUT2D eigenvalue weighted by Gasteiger charge is -2.36. The van der Waals surface area contributed by atoms with Crippen molar-refractivity contribution in [3.8, 4) is 0 Å². The second-order valence-electron chi connectivity index (χ2n) is 5.98. The zero-order valence-corrected chi connectivity index (χ0v) is 11.2. The standard InChI is InChI=1S/C13H20N4O/c1-8-15-11(4-12(18)16-8)17-7-9-5-14-6-10(9)13(17,2)3/h4,9-10,14H,5-7H2,1-3H3,(H,15,16,18). The number of aromatic nitrogens is 2. The van der Waals surface area contributed by atoms with Crippen LogP contribution in [0.1, 0.15) is 19.7 Å². The number of fused-ring (bicyclic) bond motifs is 1. The van der Waals surface area contributed by atoms with E-state index < -0.39 is 0 Å². The second-order valence-corrected chi connectivity index (χ2v) is 5.98. The lowest BCUT2D eigenvalue weighted by atomic mass is 9.85. The van der Waals surface area contributed by atoms with Crippen molar-refractivity contribution in [2.24, 2.45) is 11.8 Å². The summed E-state index contributed by atoms with van der Waals surface area (Å²) in [7, 11) is 0. The van der Waals surface area contributed by atoms with Crippen LogP contribution in [0.2, 0.25) is 0 Å². The van der Waals surface area contributed by atoms with Gasteiger partial charge in [0.1, 0.15) is 11.6 Å². The first kappa shape index (κ1) is 11.7. The zero-order valence-electron chi connectivity index (χ0n) is 11.2. The molecule has 2 atom stereocenters. The Bertz CT molecular complexity index is 522. The van der Waals surface area contributed by atoms with Gasteiger partial charge < -0.3 is 15.2 Å². The van der Waals surface area contributed by atoms with Gasteiger partial charge in [0, 0.05) is 31.2 Å². The number of hydrogen-bond donors (Lipinski definition) is 2. The third-order valence-electron chi connectivity index (χ3n) is 4.48. The van der Waals surface area contributed by atoms with Gasteiger partial charge in [-0.05, 0) is 32.6 Å². The first-order valence-corrected chi connectivity index (χ1v) is 6.55. The largest absolute Gasteiger partial charge is 0.351 e. The van der Waals surface area contributed by atoms with Crippen molar-refractivity contribution in [2.75, 3.05) is 24.5 Å². The number of hydrogen-bond acceptors (Lipinski definition) is 4. The van der Waals surface area contributed by atoms with Gasteiger partial charge in [-0.15, -0.1) is 0 Å². The van der Waals surface area contributed by atoms with Gasteiger partial charge >= 0.3 is 0 Å². The number of rotatable bonds is 1. The van der Waals surface area contributed by atoms with E-state index in [2.05, 4.69) is 34.0 Å². The zero-order chi connectivity index (χ0) is 12.9. The predicted molar refractivity (Wildman–Crippen MR) is 70.9 cm³/mol. The Morgan fingerprint density at radius 2 is 2.22 bits per heavy atom. The summed E-state index contributed by atoms with van der Waals surface area (Å²) in [6.45, 7) is 9.46. The molecule has 1 aromatic rings. The van der Waals surface area contributed by atoms with Crippen LogP contribution >= 0.6 is 0 Å². The van der Waals surface area contributed by atoms with Crippen molar-refractivity contribution in [1.29, 1.82) is 0 Å². The van der Waals surface area contributed by atoms with Crippen LogP contribution in [0, 0.1) is 18.8 Å². The predicted octanol–water partition coefficient (Wildman–Crippen LogP) is 0.513. The summed E-state index contributed by atoms with van der Waals surface area (Å²) in [6.07, 6.45) is 0. The van der Waals surface area contributed by atoms with E-state index in [9.17, 15) is 4.79 Å². The number of aromatic amines is 1. The molecular formula is C13H20N4O. The Morgan fingerprint density at radius 3 is 2.89 bits per heavy atom. The molecule has 2 fully saturated rings. The quantitative estimate of drug-likeness (QED) is 0.760. The number of nitrogens with zero attached hydrogens (tertiary/aromatic N) is 2. The number of aryl methyl sites for hydroxylation is 1. The number of nitrogens with one attached hydrogen (secondary N) is 2. The van der Waals surface area contributed by atoms with Crippen molar-refractivity contribution >= 4 is 5.82 Å². The van der Waals surface area contributed by atoms with Crippen LogP contribution < -0.4 is 15.8 Å². The second kappa shape index (κ2) is 3.82. The minimum absolute atomic E-state index is 0.0569. The Hall–Kier alpha value is -1.36. The van der Waals surface area contributed by atoms with E-state index in [0.717, 1.165) is 25.5 Å². The van der Waals surface area contributed by atoms with E-state index in [1.54, 1.807) is 6.07 Å². The molecule has 1 aromatic heterocycles. The summed E-state index contributed by atoms with van der Waals surface area (Å²) in [4.78, 5) is 21.1. The molecule has 18 heavy (non-hydrogen) atoms. The maximum atomic E-state index is 11.6. The minimum Gasteiger partial charge on any atom is -0.351 e. The van der Waals surface area contributed by atoms with Crippen LogP contribution in [0.5, 0.6) is 0 Å². The van der Waals surface area contributed by atoms with Gasteiger partial charge in [0.05, 0.1) is 0 Å². The summed E-state index contributed by atoms with van der Waals surface area (Å²) < 4.78 is 0. The van der Waals surface area contributed by atoms with E-state index in [1.165, 1.54) is 0 Å². The molecule has 0 radical (unpaired) electrons. The summed E-state index contributed by atoms with van der Waals surface area (Å²) in [6, 6.07) is 1.61. The van der Waals surface area contributed by atoms with Crippen LogP contribution in [0.25, 0.3) is 0 Å². The molecule has 2 aliphatic heterocycles. The molecule has 2 N–H and O–H groups in total. The highest BCUT2D eigenvalue weighted by atomic mass is 16.1. The molecule has 98 valence electrons. The molecule has 0 bridgehead atoms. The summed E-state index contributed by atoms with van der Waals surface area (Å²) in [5, 5.41) is 3.46. The van der Waals surface area contributed by atoms with Gasteiger partial charge in [-0.2, -0.15) is 0 Å². The SMILES string of the molecule is Cc1nc(N2CC3CNCC3C2(C)C)cc(=O)[nH]1. The lowest BCUT2D eigenvalue weighted by molar-refractivity contribution is 0.356. The van der Waals surface area contributed by atoms with E-state index in [1.807, 2.05) is 6.92 Å². The fraction of sp³-hybridized carbons (Fsp3) is 0.692. The fourth-order valence-corrected chi connectivity index (χ4v) is 3.51. The highest BCUT2D eigenvalue weighted by Crippen LogP contribution is 2.42. The monoisotopic (exact) mass is 248 g/mol. The van der Waals surface area contributed by atoms with Gasteiger partial charge in [-0.3, -0.25) is 4.79 Å². The molecule has 3 rings (SSSR count). The molecule has 0 aromatic carbocycles. The average molecular weight is 248 g/mol. The van der Waals surface area contributed by atoms with Crippen molar-refractivity contribution in [2.45, 2.75) is 26.3 Å². The van der Waals surface area contributed by atoms with Gasteiger partial charge in [0.25, 0.3) is 5.56 Å². The molecule has 0 spiro atoms. The first-order valence-electron chi connectivity index (χ1n) is 6.55. The molecule has 5 heteroatoms. The van der Waals surface area contributed by atoms with E-state index in [-0.39, 0.29) is 11.1 Å². The summed E-state index contributed by atoms with van der Waals surface area (Å²) >= 11 is 0. The van der Waals surface area contributed by atoms with Gasteiger partial charge in [-0.25, -0.2) is 4.98 Å². The molecule has 0 aliphatic carbocycles. The Labute approximate surface area is 107 Å². The molecule has 0 saturated carbocycles. The fourth-order valence-electron chi connectivity index (χ4n) is 3.51. The molecule has 2 saturated heterocycles. The van der Waals surface area contributed by atoms with Crippen molar-refractivity contribution < 1.29 is 0 Å². The van der Waals surface area contributed by atoms with Crippen LogP contribution in [-0.4, -0.2) is 35.1 Å². The van der Waals surface area contributed by atoms with E-state index in [0.29, 0.717) is 17.7 Å². The van der Waals surface area contributed by atoms with Crippen LogP contribution in [-0.2, 0) is 0 Å². The molecule has 2 aliphatic rings. The van der Waals surface area contributed by atoms with Crippen molar-refractivity contribution in [3.63, 3.8) is 0 Å². The maximum absolute atomic E-state index is 11.6. The van der Waals surface area contributed by atoms with E-state index in [4.69, 9.17) is 0 Å². The van der Waals surface area contributed by atoms with Gasteiger partial charge in [-0.1, -0.05) is 0 Å². The third kappa shape index (κ3) is 1.65. The Morgan fingerprint density at radius 1 is 1.44 bits per heavy atom. The summed E-state index contributed by atoms with van der Waals surface area (Å²) in [5.74, 6) is 2.81. The van der Waals surface area contributed by atoms with Crippen molar-refractivity contribution in [1.82, 2.24) is 15.3 Å². The lowest BCUT2D eigenvalue weighted by Crippen LogP contribution is -2.45. The average Bonchev–Trinajstić information content (AvgIpc) is 2.80. The van der Waals surface area contributed by atoms with Gasteiger partial charge in [0.2, 0.25) is 0 Å². The smallest absolute Gasteiger partial charge is 0.252 e. The Kier molecular flexibility index (Phi) is 2.48. The molecule has 0 amide bonds. The Balaban J connectivity index is 2.00. The highest BCUT2D eigenvalue weighted by molar-refractivity contribution is 5.44. The molecule has 3 heterocycles. The van der Waals surface area contributed by atoms with Crippen LogP contribution in [0.15, 0.2) is 10.9 Å². The van der Waals surface area contributed by atoms with Crippen molar-refractivity contribution in [3.05, 3.63) is 22.2 Å². The molecule has 5 nitrogen and oxygen atoms in total. The molecule has 2 unspecified atom stereocenters. The first-order chi connectivity index (χ1) is 8.48. The number of H-pyrrole nitrogens is 1. The molecular weight excluding hydrogens is 228 g/mol. The maximum Gasteiger partial charge on any atom is 0.252 e. The van der Waals surface area contributed by atoms with Crippen LogP contribution in [0.4, 0.5) is 5.82 Å². The van der Waals surface area contributed by atoms with E-state index >= 15 is 0 Å². The summed E-state index contributed by atoms with van der Waals surface area (Å²) in [5.41, 5.74) is -0.00927. The topological polar surface area (TPSA) is 61.0 Å². The van der Waals surface area contributed by atoms with Crippen LogP contribution in [0.3, 0.4) is 0 Å². The highest BCUT2D eigenvalue weighted by Gasteiger charge is 2.50. The third-order valence-corrected chi connectivity index (χ3v) is 4.48. The normalized spacial score (nSPS) is 29.6.